The third-order valence-electron chi connectivity index (χ3n) is 6.16. The van der Waals surface area contributed by atoms with Crippen LogP contribution in [0, 0.1) is 0 Å². The number of nitrogens with one attached hydrogen (secondary N) is 1. The van der Waals surface area contributed by atoms with Gasteiger partial charge in [-0.2, -0.15) is 0 Å². The first kappa shape index (κ1) is 26.6. The molecule has 7 heteroatoms. The predicted molar refractivity (Wildman–Crippen MR) is 149 cm³/mol. The molecule has 6 nitrogen and oxygen atoms in total. The Bertz CT molecular complexity index is 1280. The van der Waals surface area contributed by atoms with Crippen molar-refractivity contribution in [2.24, 2.45) is 0 Å². The molecule has 0 saturated heterocycles. The largest absolute Gasteiger partial charge is 0.494 e. The van der Waals surface area contributed by atoms with Crippen LogP contribution in [0.5, 0.6) is 11.5 Å². The quantitative estimate of drug-likeness (QED) is 0.207. The molecule has 0 radical (unpaired) electrons. The highest BCUT2D eigenvalue weighted by atomic mass is 35.5. The predicted octanol–water partition coefficient (Wildman–Crippen LogP) is 6.41. The number of imidazole rings is 1. The first-order valence-electron chi connectivity index (χ1n) is 12.8. The second kappa shape index (κ2) is 13.2. The summed E-state index contributed by atoms with van der Waals surface area (Å²) >= 11 is 5.87. The molecule has 0 aliphatic rings. The zero-order valence-corrected chi connectivity index (χ0v) is 22.2. The Labute approximate surface area is 223 Å². The summed E-state index contributed by atoms with van der Waals surface area (Å²) in [7, 11) is 0. The van der Waals surface area contributed by atoms with Crippen LogP contribution < -0.4 is 14.8 Å². The zero-order chi connectivity index (χ0) is 26.0. The van der Waals surface area contributed by atoms with Gasteiger partial charge in [-0.15, -0.1) is 0 Å². The van der Waals surface area contributed by atoms with E-state index in [-0.39, 0.29) is 12.5 Å². The zero-order valence-electron chi connectivity index (χ0n) is 21.5. The topological polar surface area (TPSA) is 65.4 Å². The summed E-state index contributed by atoms with van der Waals surface area (Å²) in [5.74, 6) is 2.90. The van der Waals surface area contributed by atoms with Crippen molar-refractivity contribution in [2.75, 3.05) is 19.8 Å². The minimum Gasteiger partial charge on any atom is -0.494 e. The number of ether oxygens (including phenoxy) is 2. The summed E-state index contributed by atoms with van der Waals surface area (Å²) in [6.07, 6.45) is 2.43. The van der Waals surface area contributed by atoms with E-state index in [0.717, 1.165) is 48.4 Å². The van der Waals surface area contributed by atoms with E-state index in [1.54, 1.807) is 24.3 Å². The number of hydrogen-bond donors (Lipinski definition) is 1. The Morgan fingerprint density at radius 1 is 0.946 bits per heavy atom. The van der Waals surface area contributed by atoms with Gasteiger partial charge in [0.1, 0.15) is 17.3 Å². The number of fused-ring (bicyclic) bond motifs is 1. The molecular formula is C30H34ClN3O3. The Morgan fingerprint density at radius 3 is 2.41 bits per heavy atom. The van der Waals surface area contributed by atoms with E-state index in [1.165, 1.54) is 5.56 Å². The highest BCUT2D eigenvalue weighted by Gasteiger charge is 2.11. The molecule has 37 heavy (non-hydrogen) atoms. The number of hydrogen-bond acceptors (Lipinski definition) is 4. The van der Waals surface area contributed by atoms with Crippen LogP contribution in [0.1, 0.15) is 44.0 Å². The Kier molecular flexibility index (Phi) is 9.44. The van der Waals surface area contributed by atoms with Crippen LogP contribution >= 0.6 is 11.6 Å². The summed E-state index contributed by atoms with van der Waals surface area (Å²) in [5.41, 5.74) is 3.43. The van der Waals surface area contributed by atoms with Gasteiger partial charge < -0.3 is 19.4 Å². The number of para-hydroxylation sites is 2. The summed E-state index contributed by atoms with van der Waals surface area (Å²) < 4.78 is 13.7. The van der Waals surface area contributed by atoms with Gasteiger partial charge in [0, 0.05) is 24.5 Å². The number of aromatic nitrogens is 2. The molecule has 0 spiro atoms. The monoisotopic (exact) mass is 519 g/mol. The molecule has 194 valence electrons. The fourth-order valence-electron chi connectivity index (χ4n) is 4.13. The van der Waals surface area contributed by atoms with Gasteiger partial charge in [-0.25, -0.2) is 4.98 Å². The smallest absolute Gasteiger partial charge is 0.257 e. The lowest BCUT2D eigenvalue weighted by Gasteiger charge is -2.12. The van der Waals surface area contributed by atoms with Crippen LogP contribution in [0.3, 0.4) is 0 Å². The fourth-order valence-corrected chi connectivity index (χ4v) is 4.26. The molecular weight excluding hydrogens is 486 g/mol. The van der Waals surface area contributed by atoms with Crippen LogP contribution in [-0.2, 0) is 17.8 Å². The summed E-state index contributed by atoms with van der Waals surface area (Å²) in [5, 5.41) is 3.55. The van der Waals surface area contributed by atoms with Crippen molar-refractivity contribution in [2.45, 2.75) is 45.6 Å². The summed E-state index contributed by atoms with van der Waals surface area (Å²) in [6, 6.07) is 23.5. The molecule has 1 heterocycles. The van der Waals surface area contributed by atoms with E-state index in [9.17, 15) is 4.79 Å². The van der Waals surface area contributed by atoms with Crippen molar-refractivity contribution in [3.05, 3.63) is 89.2 Å². The molecule has 1 N–H and O–H groups in total. The van der Waals surface area contributed by atoms with Crippen molar-refractivity contribution in [1.29, 1.82) is 0 Å². The van der Waals surface area contributed by atoms with Crippen molar-refractivity contribution >= 4 is 28.5 Å². The molecule has 1 amide bonds. The van der Waals surface area contributed by atoms with E-state index >= 15 is 0 Å². The van der Waals surface area contributed by atoms with E-state index in [4.69, 9.17) is 26.1 Å². The highest BCUT2D eigenvalue weighted by molar-refractivity contribution is 6.30. The van der Waals surface area contributed by atoms with Gasteiger partial charge in [0.15, 0.2) is 6.61 Å². The molecule has 4 rings (SSSR count). The van der Waals surface area contributed by atoms with Crippen LogP contribution in [0.2, 0.25) is 5.02 Å². The Morgan fingerprint density at radius 2 is 1.65 bits per heavy atom. The normalized spacial score (nSPS) is 11.1. The lowest BCUT2D eigenvalue weighted by atomic mass is 10.0. The number of nitrogens with zero attached hydrogens (tertiary/aromatic N) is 2. The third-order valence-corrected chi connectivity index (χ3v) is 6.41. The third kappa shape index (κ3) is 7.73. The molecule has 3 aromatic carbocycles. The number of amides is 1. The van der Waals surface area contributed by atoms with Gasteiger partial charge in [0.25, 0.3) is 5.91 Å². The Hall–Kier alpha value is -3.51. The molecule has 0 aliphatic heterocycles. The average molecular weight is 520 g/mol. The molecule has 0 aliphatic carbocycles. The maximum absolute atomic E-state index is 12.1. The van der Waals surface area contributed by atoms with Gasteiger partial charge in [-0.05, 0) is 72.9 Å². The average Bonchev–Trinajstić information content (AvgIpc) is 3.26. The SMILES string of the molecule is CC(C)c1ccc(OCCCn2c(CCCNC(=O)COc3ccc(Cl)cc3)nc3ccccc32)cc1. The second-order valence-electron chi connectivity index (χ2n) is 9.29. The first-order chi connectivity index (χ1) is 18.0. The highest BCUT2D eigenvalue weighted by Crippen LogP contribution is 2.20. The van der Waals surface area contributed by atoms with Crippen molar-refractivity contribution in [3.8, 4) is 11.5 Å². The molecule has 0 bridgehead atoms. The molecule has 0 saturated carbocycles. The van der Waals surface area contributed by atoms with E-state index < -0.39 is 0 Å². The van der Waals surface area contributed by atoms with E-state index in [1.807, 2.05) is 30.3 Å². The van der Waals surface area contributed by atoms with Gasteiger partial charge >= 0.3 is 0 Å². The fraction of sp³-hybridized carbons (Fsp3) is 0.333. The number of benzene rings is 3. The number of rotatable bonds is 13. The number of halogens is 1. The number of carbonyl (C=O) groups excluding carboxylic acids is 1. The molecule has 1 aromatic heterocycles. The summed E-state index contributed by atoms with van der Waals surface area (Å²) in [6.45, 7) is 6.36. The number of carbonyl (C=O) groups is 1. The Balaban J connectivity index is 1.24. The van der Waals surface area contributed by atoms with Crippen molar-refractivity contribution in [3.63, 3.8) is 0 Å². The lowest BCUT2D eigenvalue weighted by molar-refractivity contribution is -0.123. The lowest BCUT2D eigenvalue weighted by Crippen LogP contribution is -2.30. The maximum Gasteiger partial charge on any atom is 0.257 e. The second-order valence-corrected chi connectivity index (χ2v) is 9.73. The first-order valence-corrected chi connectivity index (χ1v) is 13.2. The minimum absolute atomic E-state index is 0.0274. The number of aryl methyl sites for hydroxylation is 2. The van der Waals surface area contributed by atoms with E-state index in [2.05, 4.69) is 41.9 Å². The molecule has 0 fully saturated rings. The van der Waals surface area contributed by atoms with Gasteiger partial charge in [0.05, 0.1) is 17.6 Å². The van der Waals surface area contributed by atoms with Crippen molar-refractivity contribution < 1.29 is 14.3 Å². The standard InChI is InChI=1S/C30H34ClN3O3/c1-22(2)23-10-14-25(15-11-23)36-20-6-19-34-28-8-4-3-7-27(28)33-29(34)9-5-18-32-30(35)21-37-26-16-12-24(31)13-17-26/h3-4,7-8,10-17,22H,5-6,9,18-21H2,1-2H3,(H,32,35). The minimum atomic E-state index is -0.151. The maximum atomic E-state index is 12.1. The van der Waals surface area contributed by atoms with Gasteiger partial charge in [0.2, 0.25) is 0 Å². The van der Waals surface area contributed by atoms with E-state index in [0.29, 0.717) is 29.8 Å². The van der Waals surface area contributed by atoms with Crippen LogP contribution in [0.4, 0.5) is 0 Å². The van der Waals surface area contributed by atoms with Crippen LogP contribution in [-0.4, -0.2) is 35.2 Å². The summed E-state index contributed by atoms with van der Waals surface area (Å²) in [4.78, 5) is 17.0. The molecule has 0 atom stereocenters. The van der Waals surface area contributed by atoms with Crippen molar-refractivity contribution in [1.82, 2.24) is 14.9 Å². The van der Waals surface area contributed by atoms with Gasteiger partial charge in [-0.1, -0.05) is 49.7 Å². The molecule has 0 unspecified atom stereocenters. The molecule has 4 aromatic rings. The van der Waals surface area contributed by atoms with Crippen LogP contribution in [0.15, 0.2) is 72.8 Å². The van der Waals surface area contributed by atoms with Crippen LogP contribution in [0.25, 0.3) is 11.0 Å². The van der Waals surface area contributed by atoms with Gasteiger partial charge in [-0.3, -0.25) is 4.79 Å².